The first kappa shape index (κ1) is 15.4. The van der Waals surface area contributed by atoms with Gasteiger partial charge in [0.05, 0.1) is 15.6 Å². The molecular formula is C11H12ClN5O3S. The van der Waals surface area contributed by atoms with E-state index in [-0.39, 0.29) is 21.4 Å². The SMILES string of the molecule is CCc1nc(C(=O)Nc2cc(S(N)(=O)=O)ccc2Cl)n[nH]1. The summed E-state index contributed by atoms with van der Waals surface area (Å²) < 4.78 is 22.6. The van der Waals surface area contributed by atoms with Crippen molar-refractivity contribution in [2.75, 3.05) is 5.32 Å². The minimum absolute atomic E-state index is 0.0658. The second-order valence-corrected chi connectivity index (χ2v) is 6.07. The van der Waals surface area contributed by atoms with E-state index in [1.54, 1.807) is 0 Å². The predicted molar refractivity (Wildman–Crippen MR) is 76.5 cm³/mol. The minimum atomic E-state index is -3.89. The van der Waals surface area contributed by atoms with Crippen molar-refractivity contribution in [3.05, 3.63) is 34.9 Å². The maximum atomic E-state index is 12.0. The molecule has 0 bridgehead atoms. The summed E-state index contributed by atoms with van der Waals surface area (Å²) in [5.41, 5.74) is 0.107. The number of benzene rings is 1. The summed E-state index contributed by atoms with van der Waals surface area (Å²) in [6.45, 7) is 1.86. The number of aromatic amines is 1. The second kappa shape index (κ2) is 5.80. The lowest BCUT2D eigenvalue weighted by atomic mass is 10.3. The highest BCUT2D eigenvalue weighted by atomic mass is 35.5. The van der Waals surface area contributed by atoms with Crippen molar-refractivity contribution in [2.45, 2.75) is 18.2 Å². The average Bonchev–Trinajstić information content (AvgIpc) is 2.88. The van der Waals surface area contributed by atoms with Crippen molar-refractivity contribution in [2.24, 2.45) is 5.14 Å². The van der Waals surface area contributed by atoms with Crippen LogP contribution < -0.4 is 10.5 Å². The first-order valence-electron chi connectivity index (χ1n) is 5.86. The molecule has 1 heterocycles. The van der Waals surface area contributed by atoms with Gasteiger partial charge in [-0.25, -0.2) is 18.5 Å². The number of hydrogen-bond acceptors (Lipinski definition) is 5. The molecule has 0 radical (unpaired) electrons. The van der Waals surface area contributed by atoms with Gasteiger partial charge in [-0.15, -0.1) is 5.10 Å². The number of H-pyrrole nitrogens is 1. The summed E-state index contributed by atoms with van der Waals surface area (Å²) in [6.07, 6.45) is 0.599. The number of sulfonamides is 1. The van der Waals surface area contributed by atoms with E-state index in [2.05, 4.69) is 20.5 Å². The molecule has 0 aliphatic carbocycles. The molecule has 21 heavy (non-hydrogen) atoms. The lowest BCUT2D eigenvalue weighted by molar-refractivity contribution is 0.101. The summed E-state index contributed by atoms with van der Waals surface area (Å²) in [5, 5.41) is 14.0. The Hall–Kier alpha value is -1.97. The van der Waals surface area contributed by atoms with Gasteiger partial charge in [-0.2, -0.15) is 0 Å². The van der Waals surface area contributed by atoms with Crippen LogP contribution in [0.25, 0.3) is 0 Å². The van der Waals surface area contributed by atoms with Crippen LogP contribution in [0, 0.1) is 0 Å². The average molecular weight is 330 g/mol. The number of aryl methyl sites for hydroxylation is 1. The van der Waals surface area contributed by atoms with Crippen LogP contribution >= 0.6 is 11.6 Å². The van der Waals surface area contributed by atoms with Gasteiger partial charge in [0.15, 0.2) is 0 Å². The molecule has 4 N–H and O–H groups in total. The number of nitrogens with zero attached hydrogens (tertiary/aromatic N) is 2. The van der Waals surface area contributed by atoms with E-state index in [4.69, 9.17) is 16.7 Å². The van der Waals surface area contributed by atoms with Crippen LogP contribution in [0.15, 0.2) is 23.1 Å². The zero-order valence-electron chi connectivity index (χ0n) is 10.9. The summed E-state index contributed by atoms with van der Waals surface area (Å²) >= 11 is 5.91. The smallest absolute Gasteiger partial charge is 0.295 e. The molecule has 0 spiro atoms. The van der Waals surface area contributed by atoms with Gasteiger partial charge in [0.25, 0.3) is 5.91 Å². The third kappa shape index (κ3) is 3.57. The quantitative estimate of drug-likeness (QED) is 0.767. The molecule has 112 valence electrons. The van der Waals surface area contributed by atoms with Crippen LogP contribution in [0.3, 0.4) is 0 Å². The Kier molecular flexibility index (Phi) is 4.26. The van der Waals surface area contributed by atoms with E-state index in [1.165, 1.54) is 18.2 Å². The van der Waals surface area contributed by atoms with Crippen LogP contribution in [0.5, 0.6) is 0 Å². The predicted octanol–water partition coefficient (Wildman–Crippen LogP) is 0.920. The first-order chi connectivity index (χ1) is 9.81. The van der Waals surface area contributed by atoms with E-state index in [1.807, 2.05) is 6.92 Å². The molecule has 1 amide bonds. The topological polar surface area (TPSA) is 131 Å². The van der Waals surface area contributed by atoms with Gasteiger partial charge in [-0.1, -0.05) is 18.5 Å². The normalized spacial score (nSPS) is 11.4. The van der Waals surface area contributed by atoms with Crippen molar-refractivity contribution in [3.8, 4) is 0 Å². The van der Waals surface area contributed by atoms with Crippen molar-refractivity contribution in [1.29, 1.82) is 0 Å². The summed E-state index contributed by atoms with van der Waals surface area (Å²) in [5.74, 6) is -0.118. The number of primary sulfonamides is 1. The molecule has 2 rings (SSSR count). The molecule has 8 nitrogen and oxygen atoms in total. The zero-order valence-corrected chi connectivity index (χ0v) is 12.5. The molecule has 0 atom stereocenters. The molecule has 2 aromatic rings. The van der Waals surface area contributed by atoms with E-state index < -0.39 is 15.9 Å². The highest BCUT2D eigenvalue weighted by Crippen LogP contribution is 2.25. The number of carbonyl (C=O) groups is 1. The Morgan fingerprint density at radius 1 is 1.48 bits per heavy atom. The Balaban J connectivity index is 2.28. The minimum Gasteiger partial charge on any atom is -0.318 e. The van der Waals surface area contributed by atoms with Crippen LogP contribution in [-0.2, 0) is 16.4 Å². The molecule has 1 aromatic carbocycles. The number of amides is 1. The largest absolute Gasteiger partial charge is 0.318 e. The van der Waals surface area contributed by atoms with Crippen LogP contribution in [0.1, 0.15) is 23.4 Å². The van der Waals surface area contributed by atoms with E-state index in [9.17, 15) is 13.2 Å². The second-order valence-electron chi connectivity index (χ2n) is 4.10. The molecule has 0 unspecified atom stereocenters. The van der Waals surface area contributed by atoms with Gasteiger partial charge in [0, 0.05) is 6.42 Å². The van der Waals surface area contributed by atoms with E-state index >= 15 is 0 Å². The Morgan fingerprint density at radius 2 is 2.19 bits per heavy atom. The van der Waals surface area contributed by atoms with Crippen LogP contribution in [-0.4, -0.2) is 29.5 Å². The third-order valence-electron chi connectivity index (χ3n) is 2.58. The number of aromatic nitrogens is 3. The van der Waals surface area contributed by atoms with Crippen LogP contribution in [0.4, 0.5) is 5.69 Å². The van der Waals surface area contributed by atoms with E-state index in [0.29, 0.717) is 12.2 Å². The Morgan fingerprint density at radius 3 is 2.76 bits per heavy atom. The number of rotatable bonds is 4. The number of anilines is 1. The van der Waals surface area contributed by atoms with Crippen molar-refractivity contribution in [1.82, 2.24) is 15.2 Å². The standard InChI is InChI=1S/C11H12ClN5O3S/c1-2-9-15-10(17-16-9)11(18)14-8-5-6(21(13,19)20)3-4-7(8)12/h3-5H,2H2,1H3,(H,14,18)(H2,13,19,20)(H,15,16,17). The maximum absolute atomic E-state index is 12.0. The molecule has 1 aromatic heterocycles. The molecule has 0 saturated carbocycles. The summed E-state index contributed by atoms with van der Waals surface area (Å²) in [7, 11) is -3.89. The molecule has 0 saturated heterocycles. The van der Waals surface area contributed by atoms with Crippen molar-refractivity contribution in [3.63, 3.8) is 0 Å². The fraction of sp³-hybridized carbons (Fsp3) is 0.182. The fourth-order valence-corrected chi connectivity index (χ4v) is 2.21. The highest BCUT2D eigenvalue weighted by Gasteiger charge is 2.16. The monoisotopic (exact) mass is 329 g/mol. The van der Waals surface area contributed by atoms with Gasteiger partial charge < -0.3 is 5.32 Å². The number of halogens is 1. The zero-order chi connectivity index (χ0) is 15.6. The van der Waals surface area contributed by atoms with Gasteiger partial charge >= 0.3 is 0 Å². The molecular weight excluding hydrogens is 318 g/mol. The van der Waals surface area contributed by atoms with Crippen molar-refractivity contribution >= 4 is 33.2 Å². The Labute approximate surface area is 125 Å². The van der Waals surface area contributed by atoms with Crippen molar-refractivity contribution < 1.29 is 13.2 Å². The molecule has 10 heteroatoms. The number of carbonyl (C=O) groups excluding carboxylic acids is 1. The highest BCUT2D eigenvalue weighted by molar-refractivity contribution is 7.89. The molecule has 0 fully saturated rings. The Bertz CT molecular complexity index is 787. The van der Waals surface area contributed by atoms with Crippen LogP contribution in [0.2, 0.25) is 5.02 Å². The lowest BCUT2D eigenvalue weighted by Crippen LogP contribution is -2.16. The van der Waals surface area contributed by atoms with Gasteiger partial charge in [-0.05, 0) is 18.2 Å². The van der Waals surface area contributed by atoms with Gasteiger partial charge in [0.2, 0.25) is 15.8 Å². The summed E-state index contributed by atoms with van der Waals surface area (Å²) in [6, 6.07) is 3.74. The molecule has 0 aliphatic rings. The lowest BCUT2D eigenvalue weighted by Gasteiger charge is -2.07. The number of nitrogens with one attached hydrogen (secondary N) is 2. The molecule has 0 aliphatic heterocycles. The van der Waals surface area contributed by atoms with Gasteiger partial charge in [-0.3, -0.25) is 9.89 Å². The number of nitrogens with two attached hydrogens (primary N) is 1. The summed E-state index contributed by atoms with van der Waals surface area (Å²) in [4.78, 5) is 15.8. The van der Waals surface area contributed by atoms with Gasteiger partial charge in [0.1, 0.15) is 5.82 Å². The number of hydrogen-bond donors (Lipinski definition) is 3. The third-order valence-corrected chi connectivity index (χ3v) is 3.82. The maximum Gasteiger partial charge on any atom is 0.295 e. The fourth-order valence-electron chi connectivity index (χ4n) is 1.51. The first-order valence-corrected chi connectivity index (χ1v) is 7.78. The van der Waals surface area contributed by atoms with E-state index in [0.717, 1.165) is 0 Å².